The maximum absolute atomic E-state index is 10.6. The molecule has 0 bridgehead atoms. The van der Waals surface area contributed by atoms with Crippen molar-refractivity contribution >= 4 is 5.97 Å². The quantitative estimate of drug-likeness (QED) is 0.359. The van der Waals surface area contributed by atoms with Gasteiger partial charge in [0.15, 0.2) is 0 Å². The van der Waals surface area contributed by atoms with Gasteiger partial charge in [-0.3, -0.25) is 4.79 Å². The monoisotopic (exact) mass is 378 g/mol. The highest BCUT2D eigenvalue weighted by molar-refractivity contribution is 5.66. The molecule has 2 saturated carbocycles. The van der Waals surface area contributed by atoms with E-state index >= 15 is 0 Å². The van der Waals surface area contributed by atoms with Gasteiger partial charge < -0.3 is 15.3 Å². The van der Waals surface area contributed by atoms with E-state index in [0.29, 0.717) is 18.3 Å². The van der Waals surface area contributed by atoms with E-state index in [9.17, 15) is 15.0 Å². The first-order valence-corrected chi connectivity index (χ1v) is 10.9. The molecule has 0 spiro atoms. The maximum Gasteiger partial charge on any atom is 0.303 e. The van der Waals surface area contributed by atoms with Crippen LogP contribution in [0.15, 0.2) is 23.8 Å². The van der Waals surface area contributed by atoms with Crippen LogP contribution in [0.25, 0.3) is 0 Å². The summed E-state index contributed by atoms with van der Waals surface area (Å²) in [6, 6.07) is 0. The van der Waals surface area contributed by atoms with Gasteiger partial charge in [0, 0.05) is 12.3 Å². The summed E-state index contributed by atoms with van der Waals surface area (Å²) in [5.41, 5.74) is 1.43. The molecule has 0 aliphatic heterocycles. The number of allylic oxidation sites excluding steroid dienone is 2. The molecule has 0 heterocycles. The normalized spacial score (nSPS) is 31.5. The number of aliphatic hydroxyl groups is 2. The van der Waals surface area contributed by atoms with E-state index in [4.69, 9.17) is 5.11 Å². The number of aliphatic carboxylic acids is 1. The molecule has 6 atom stereocenters. The van der Waals surface area contributed by atoms with Gasteiger partial charge in [0.2, 0.25) is 0 Å². The van der Waals surface area contributed by atoms with E-state index in [-0.39, 0.29) is 24.4 Å². The molecule has 0 amide bonds. The Kier molecular flexibility index (Phi) is 9.04. The van der Waals surface area contributed by atoms with Crippen LogP contribution in [0.4, 0.5) is 0 Å². The Balaban J connectivity index is 1.84. The lowest BCUT2D eigenvalue weighted by Gasteiger charge is -2.20. The van der Waals surface area contributed by atoms with E-state index in [0.717, 1.165) is 38.5 Å². The van der Waals surface area contributed by atoms with Crippen LogP contribution in [0.5, 0.6) is 0 Å². The van der Waals surface area contributed by atoms with Gasteiger partial charge in [-0.15, -0.1) is 0 Å². The second kappa shape index (κ2) is 11.0. The number of hydrogen-bond donors (Lipinski definition) is 3. The fourth-order valence-electron chi connectivity index (χ4n) is 4.82. The van der Waals surface area contributed by atoms with Crippen molar-refractivity contribution in [1.82, 2.24) is 0 Å². The van der Waals surface area contributed by atoms with Crippen LogP contribution in [-0.4, -0.2) is 33.5 Å². The summed E-state index contributed by atoms with van der Waals surface area (Å²) >= 11 is 0. The molecule has 4 nitrogen and oxygen atoms in total. The third-order valence-corrected chi connectivity index (χ3v) is 6.52. The molecule has 2 unspecified atom stereocenters. The number of unbranched alkanes of at least 4 members (excludes halogenated alkanes) is 3. The SMILES string of the molecule is CCCCCC(C)C(O)/C=C/[C@@H]1[C@H]2C/C(=C/CCCC(=O)O)C[C@H]2C[C@H]1O. The lowest BCUT2D eigenvalue weighted by molar-refractivity contribution is -0.137. The Morgan fingerprint density at radius 3 is 2.74 bits per heavy atom. The third kappa shape index (κ3) is 6.76. The number of carboxylic acid groups (broad SMARTS) is 1. The molecule has 0 aromatic carbocycles. The van der Waals surface area contributed by atoms with Crippen molar-refractivity contribution in [2.45, 2.75) is 90.3 Å². The molecule has 0 aromatic heterocycles. The average Bonchev–Trinajstić information content (AvgIpc) is 3.13. The highest BCUT2D eigenvalue weighted by Gasteiger charge is 2.44. The maximum atomic E-state index is 10.6. The van der Waals surface area contributed by atoms with Crippen molar-refractivity contribution in [1.29, 1.82) is 0 Å². The molecule has 3 N–H and O–H groups in total. The van der Waals surface area contributed by atoms with Gasteiger partial charge in [0.1, 0.15) is 0 Å². The molecule has 0 aromatic rings. The number of rotatable bonds is 11. The molecule has 154 valence electrons. The van der Waals surface area contributed by atoms with E-state index in [1.54, 1.807) is 0 Å². The lowest BCUT2D eigenvalue weighted by Crippen LogP contribution is -2.19. The first-order valence-electron chi connectivity index (χ1n) is 10.9. The van der Waals surface area contributed by atoms with Gasteiger partial charge in [-0.2, -0.15) is 0 Å². The second-order valence-corrected chi connectivity index (χ2v) is 8.71. The number of carboxylic acids is 1. The summed E-state index contributed by atoms with van der Waals surface area (Å²) in [6.45, 7) is 4.29. The largest absolute Gasteiger partial charge is 0.481 e. The first kappa shape index (κ1) is 22.2. The van der Waals surface area contributed by atoms with Crippen LogP contribution in [0.2, 0.25) is 0 Å². The van der Waals surface area contributed by atoms with E-state index in [1.165, 1.54) is 18.4 Å². The van der Waals surface area contributed by atoms with Gasteiger partial charge in [0.25, 0.3) is 0 Å². The molecule has 2 aliphatic rings. The molecule has 0 saturated heterocycles. The molecule has 2 rings (SSSR count). The van der Waals surface area contributed by atoms with Crippen LogP contribution in [0.3, 0.4) is 0 Å². The summed E-state index contributed by atoms with van der Waals surface area (Å²) in [7, 11) is 0. The average molecular weight is 379 g/mol. The Hall–Kier alpha value is -1.13. The minimum Gasteiger partial charge on any atom is -0.481 e. The molecular weight excluding hydrogens is 340 g/mol. The van der Waals surface area contributed by atoms with Gasteiger partial charge in [-0.05, 0) is 56.3 Å². The zero-order chi connectivity index (χ0) is 19.8. The van der Waals surface area contributed by atoms with Crippen LogP contribution in [0, 0.1) is 23.7 Å². The topological polar surface area (TPSA) is 77.8 Å². The molecule has 4 heteroatoms. The zero-order valence-corrected chi connectivity index (χ0v) is 17.0. The van der Waals surface area contributed by atoms with Crippen LogP contribution < -0.4 is 0 Å². The van der Waals surface area contributed by atoms with Gasteiger partial charge in [-0.25, -0.2) is 0 Å². The van der Waals surface area contributed by atoms with Crippen molar-refractivity contribution in [3.05, 3.63) is 23.8 Å². The Bertz CT molecular complexity index is 524. The number of carbonyl (C=O) groups is 1. The third-order valence-electron chi connectivity index (χ3n) is 6.52. The molecule has 2 fully saturated rings. The van der Waals surface area contributed by atoms with Crippen molar-refractivity contribution in [3.8, 4) is 0 Å². The standard InChI is InChI=1S/C23H38O4/c1-3-4-5-8-16(2)21(24)12-11-19-20-14-17(9-6-7-10-23(26)27)13-18(20)15-22(19)25/h9,11-12,16,18-22,24-25H,3-8,10,13-15H2,1-2H3,(H,26,27)/b12-11+,17-9+/t16?,18-,19+,20-,21?,22+/m0/s1. The summed E-state index contributed by atoms with van der Waals surface area (Å²) in [5.74, 6) is 0.657. The van der Waals surface area contributed by atoms with Crippen molar-refractivity contribution < 1.29 is 20.1 Å². The van der Waals surface area contributed by atoms with E-state index < -0.39 is 12.1 Å². The number of hydrogen-bond acceptors (Lipinski definition) is 3. The summed E-state index contributed by atoms with van der Waals surface area (Å²) in [6.07, 6.45) is 14.7. The first-order chi connectivity index (χ1) is 12.9. The van der Waals surface area contributed by atoms with Crippen LogP contribution in [0.1, 0.15) is 78.1 Å². The summed E-state index contributed by atoms with van der Waals surface area (Å²) in [4.78, 5) is 10.6. The van der Waals surface area contributed by atoms with E-state index in [2.05, 4.69) is 26.0 Å². The smallest absolute Gasteiger partial charge is 0.303 e. The van der Waals surface area contributed by atoms with Gasteiger partial charge in [-0.1, -0.05) is 56.9 Å². The minimum absolute atomic E-state index is 0.136. The molecule has 2 aliphatic carbocycles. The molecular formula is C23H38O4. The number of fused-ring (bicyclic) bond motifs is 1. The van der Waals surface area contributed by atoms with Crippen molar-refractivity contribution in [2.75, 3.05) is 0 Å². The number of aliphatic hydroxyl groups excluding tert-OH is 2. The van der Waals surface area contributed by atoms with E-state index in [1.807, 2.05) is 6.08 Å². The molecule has 0 radical (unpaired) electrons. The van der Waals surface area contributed by atoms with Gasteiger partial charge in [0.05, 0.1) is 12.2 Å². The predicted octanol–water partition coefficient (Wildman–Crippen LogP) is 4.71. The zero-order valence-electron chi connectivity index (χ0n) is 17.0. The van der Waals surface area contributed by atoms with Crippen molar-refractivity contribution in [2.24, 2.45) is 23.7 Å². The Morgan fingerprint density at radius 2 is 2.04 bits per heavy atom. The van der Waals surface area contributed by atoms with Crippen LogP contribution in [-0.2, 0) is 4.79 Å². The summed E-state index contributed by atoms with van der Waals surface area (Å²) < 4.78 is 0. The summed E-state index contributed by atoms with van der Waals surface area (Å²) in [5, 5.41) is 29.6. The Labute approximate surface area is 164 Å². The predicted molar refractivity (Wildman–Crippen MR) is 108 cm³/mol. The highest BCUT2D eigenvalue weighted by Crippen LogP contribution is 2.50. The molecule has 27 heavy (non-hydrogen) atoms. The highest BCUT2D eigenvalue weighted by atomic mass is 16.4. The van der Waals surface area contributed by atoms with Crippen molar-refractivity contribution in [3.63, 3.8) is 0 Å². The lowest BCUT2D eigenvalue weighted by atomic mass is 9.89. The fourth-order valence-corrected chi connectivity index (χ4v) is 4.82. The Morgan fingerprint density at radius 1 is 1.26 bits per heavy atom. The van der Waals surface area contributed by atoms with Gasteiger partial charge >= 0.3 is 5.97 Å². The minimum atomic E-state index is -0.729. The second-order valence-electron chi connectivity index (χ2n) is 8.71. The fraction of sp³-hybridized carbons (Fsp3) is 0.783. The van der Waals surface area contributed by atoms with Crippen LogP contribution >= 0.6 is 0 Å².